The van der Waals surface area contributed by atoms with Gasteiger partial charge in [0.15, 0.2) is 0 Å². The Bertz CT molecular complexity index is 1030. The molecule has 1 heterocycles. The maximum Gasteiger partial charge on any atom is 0.277 e. The standard InChI is InChI=1S/C20H21N3O5S/c1-14(15-5-3-2-4-6-15)22-29(27,28)17-9-7-16(8-10-17)21-18-13-19(25)23(11-12-24)20(18)26/h2-10,13-14,21-22,24H,11-12H2,1H3. The number of benzene rings is 2. The Balaban J connectivity index is 1.69. The number of nitrogens with zero attached hydrogens (tertiary/aromatic N) is 1. The van der Waals surface area contributed by atoms with Gasteiger partial charge in [-0.3, -0.25) is 14.5 Å². The van der Waals surface area contributed by atoms with Crippen molar-refractivity contribution >= 4 is 27.5 Å². The van der Waals surface area contributed by atoms with Crippen molar-refractivity contribution in [1.82, 2.24) is 9.62 Å². The molecule has 0 aliphatic carbocycles. The third-order valence-electron chi connectivity index (χ3n) is 4.41. The predicted molar refractivity (Wildman–Crippen MR) is 107 cm³/mol. The van der Waals surface area contributed by atoms with Gasteiger partial charge in [0.1, 0.15) is 5.70 Å². The summed E-state index contributed by atoms with van der Waals surface area (Å²) in [7, 11) is -3.74. The van der Waals surface area contributed by atoms with Gasteiger partial charge in [-0.1, -0.05) is 30.3 Å². The normalized spacial score (nSPS) is 15.4. The first-order valence-corrected chi connectivity index (χ1v) is 10.4. The van der Waals surface area contributed by atoms with Crippen LogP contribution in [0, 0.1) is 0 Å². The molecule has 0 saturated carbocycles. The molecule has 2 amide bonds. The maximum atomic E-state index is 12.6. The van der Waals surface area contributed by atoms with Crippen LogP contribution in [0.15, 0.2) is 71.3 Å². The Hall–Kier alpha value is -3.01. The first-order chi connectivity index (χ1) is 13.8. The molecule has 0 fully saturated rings. The van der Waals surface area contributed by atoms with Crippen LogP contribution in [0.4, 0.5) is 5.69 Å². The number of hydrogen-bond acceptors (Lipinski definition) is 6. The molecule has 0 aromatic heterocycles. The molecule has 1 aliphatic rings. The van der Waals surface area contributed by atoms with Gasteiger partial charge in [0.05, 0.1) is 18.0 Å². The average molecular weight is 415 g/mol. The minimum absolute atomic E-state index is 0.0647. The van der Waals surface area contributed by atoms with Gasteiger partial charge >= 0.3 is 0 Å². The highest BCUT2D eigenvalue weighted by Crippen LogP contribution is 2.21. The largest absolute Gasteiger partial charge is 0.395 e. The van der Waals surface area contributed by atoms with Crippen molar-refractivity contribution in [3.8, 4) is 0 Å². The molecule has 2 aromatic carbocycles. The number of hydrogen-bond donors (Lipinski definition) is 3. The summed E-state index contributed by atoms with van der Waals surface area (Å²) in [6.45, 7) is 1.36. The number of β-amino-alcohol motifs (C(OH)–C–C–N with tert-alkyl or cyclic N) is 1. The number of nitrogens with one attached hydrogen (secondary N) is 2. The maximum absolute atomic E-state index is 12.6. The first kappa shape index (κ1) is 20.7. The number of sulfonamides is 1. The van der Waals surface area contributed by atoms with E-state index in [0.29, 0.717) is 5.69 Å². The summed E-state index contributed by atoms with van der Waals surface area (Å²) in [5.74, 6) is -1.05. The van der Waals surface area contributed by atoms with Crippen LogP contribution in [-0.2, 0) is 19.6 Å². The van der Waals surface area contributed by atoms with Gasteiger partial charge in [-0.25, -0.2) is 13.1 Å². The van der Waals surface area contributed by atoms with E-state index in [1.165, 1.54) is 24.3 Å². The second-order valence-corrected chi connectivity index (χ2v) is 8.19. The third-order valence-corrected chi connectivity index (χ3v) is 5.96. The van der Waals surface area contributed by atoms with Gasteiger partial charge in [0, 0.05) is 17.8 Å². The van der Waals surface area contributed by atoms with E-state index in [0.717, 1.165) is 16.5 Å². The highest BCUT2D eigenvalue weighted by Gasteiger charge is 2.30. The quantitative estimate of drug-likeness (QED) is 0.561. The van der Waals surface area contributed by atoms with Crippen molar-refractivity contribution < 1.29 is 23.1 Å². The lowest BCUT2D eigenvalue weighted by atomic mass is 10.1. The van der Waals surface area contributed by atoms with Crippen LogP contribution in [0.25, 0.3) is 0 Å². The molecule has 9 heteroatoms. The van der Waals surface area contributed by atoms with Crippen LogP contribution in [0.5, 0.6) is 0 Å². The number of aliphatic hydroxyl groups excluding tert-OH is 1. The molecule has 1 aliphatic heterocycles. The van der Waals surface area contributed by atoms with E-state index in [2.05, 4.69) is 10.0 Å². The van der Waals surface area contributed by atoms with E-state index in [-0.39, 0.29) is 23.7 Å². The monoisotopic (exact) mass is 415 g/mol. The van der Waals surface area contributed by atoms with Crippen molar-refractivity contribution in [2.24, 2.45) is 0 Å². The molecule has 0 saturated heterocycles. The van der Waals surface area contributed by atoms with Crippen LogP contribution in [-0.4, -0.2) is 43.4 Å². The topological polar surface area (TPSA) is 116 Å². The fourth-order valence-electron chi connectivity index (χ4n) is 2.89. The summed E-state index contributed by atoms with van der Waals surface area (Å²) in [6, 6.07) is 14.7. The summed E-state index contributed by atoms with van der Waals surface area (Å²) in [4.78, 5) is 24.9. The number of aliphatic hydroxyl groups is 1. The predicted octanol–water partition coefficient (Wildman–Crippen LogP) is 1.38. The SMILES string of the molecule is CC(NS(=O)(=O)c1ccc(NC2=CC(=O)N(CCO)C2=O)cc1)c1ccccc1. The van der Waals surface area contributed by atoms with Gasteiger partial charge in [-0.15, -0.1) is 0 Å². The summed E-state index contributed by atoms with van der Waals surface area (Å²) < 4.78 is 27.8. The van der Waals surface area contributed by atoms with E-state index in [9.17, 15) is 18.0 Å². The Kier molecular flexibility index (Phi) is 6.12. The molecule has 152 valence electrons. The summed E-state index contributed by atoms with van der Waals surface area (Å²) in [5, 5.41) is 11.7. The lowest BCUT2D eigenvalue weighted by Crippen LogP contribution is -2.34. The fourth-order valence-corrected chi connectivity index (χ4v) is 4.13. The lowest BCUT2D eigenvalue weighted by Gasteiger charge is -2.15. The molecule has 1 unspecified atom stereocenters. The van der Waals surface area contributed by atoms with Crippen molar-refractivity contribution in [1.29, 1.82) is 0 Å². The molecule has 3 rings (SSSR count). The number of anilines is 1. The van der Waals surface area contributed by atoms with Crippen molar-refractivity contribution in [3.05, 3.63) is 71.9 Å². The molecule has 0 radical (unpaired) electrons. The first-order valence-electron chi connectivity index (χ1n) is 8.94. The number of carbonyl (C=O) groups is 2. The average Bonchev–Trinajstić information content (AvgIpc) is 2.96. The number of rotatable bonds is 8. The minimum atomic E-state index is -3.74. The van der Waals surface area contributed by atoms with Crippen LogP contribution in [0.2, 0.25) is 0 Å². The Labute approximate surface area is 168 Å². The van der Waals surface area contributed by atoms with Crippen LogP contribution in [0.3, 0.4) is 0 Å². The Morgan fingerprint density at radius 1 is 1.03 bits per heavy atom. The summed E-state index contributed by atoms with van der Waals surface area (Å²) >= 11 is 0. The smallest absolute Gasteiger partial charge is 0.277 e. The van der Waals surface area contributed by atoms with E-state index >= 15 is 0 Å². The number of carbonyl (C=O) groups excluding carboxylic acids is 2. The van der Waals surface area contributed by atoms with E-state index in [1.54, 1.807) is 6.92 Å². The molecule has 8 nitrogen and oxygen atoms in total. The zero-order valence-electron chi connectivity index (χ0n) is 15.7. The second kappa shape index (κ2) is 8.56. The van der Waals surface area contributed by atoms with E-state index < -0.39 is 27.9 Å². The number of amides is 2. The zero-order valence-corrected chi connectivity index (χ0v) is 16.5. The molecule has 0 spiro atoms. The minimum Gasteiger partial charge on any atom is -0.395 e. The summed E-state index contributed by atoms with van der Waals surface area (Å²) in [5.41, 5.74) is 1.37. The highest BCUT2D eigenvalue weighted by atomic mass is 32.2. The van der Waals surface area contributed by atoms with Gasteiger partial charge < -0.3 is 10.4 Å². The Morgan fingerprint density at radius 3 is 2.31 bits per heavy atom. The summed E-state index contributed by atoms with van der Waals surface area (Å²) in [6.07, 6.45) is 1.14. The molecular weight excluding hydrogens is 394 g/mol. The Morgan fingerprint density at radius 2 is 1.69 bits per heavy atom. The van der Waals surface area contributed by atoms with E-state index in [4.69, 9.17) is 5.11 Å². The molecule has 0 bridgehead atoms. The van der Waals surface area contributed by atoms with Crippen LogP contribution < -0.4 is 10.0 Å². The van der Waals surface area contributed by atoms with Crippen molar-refractivity contribution in [2.75, 3.05) is 18.5 Å². The molecular formula is C20H21N3O5S. The fraction of sp³-hybridized carbons (Fsp3) is 0.200. The molecule has 2 aromatic rings. The van der Waals surface area contributed by atoms with Gasteiger partial charge in [-0.05, 0) is 36.8 Å². The zero-order chi connectivity index (χ0) is 21.0. The van der Waals surface area contributed by atoms with E-state index in [1.807, 2.05) is 30.3 Å². The van der Waals surface area contributed by atoms with Crippen molar-refractivity contribution in [2.45, 2.75) is 17.9 Å². The lowest BCUT2D eigenvalue weighted by molar-refractivity contribution is -0.137. The molecule has 1 atom stereocenters. The highest BCUT2D eigenvalue weighted by molar-refractivity contribution is 7.89. The van der Waals surface area contributed by atoms with Gasteiger partial charge in [0.2, 0.25) is 10.0 Å². The molecule has 3 N–H and O–H groups in total. The third kappa shape index (κ3) is 4.70. The molecule has 29 heavy (non-hydrogen) atoms. The van der Waals surface area contributed by atoms with Crippen molar-refractivity contribution in [3.63, 3.8) is 0 Å². The van der Waals surface area contributed by atoms with Crippen LogP contribution in [0.1, 0.15) is 18.5 Å². The van der Waals surface area contributed by atoms with Gasteiger partial charge in [0.25, 0.3) is 11.8 Å². The van der Waals surface area contributed by atoms with Crippen LogP contribution >= 0.6 is 0 Å². The number of imide groups is 1. The second-order valence-electron chi connectivity index (χ2n) is 6.48. The van der Waals surface area contributed by atoms with Gasteiger partial charge in [-0.2, -0.15) is 0 Å².